The summed E-state index contributed by atoms with van der Waals surface area (Å²) in [5, 5.41) is 5.58. The second-order valence-corrected chi connectivity index (χ2v) is 9.73. The number of allylic oxidation sites excluding steroid dienone is 1. The average Bonchev–Trinajstić information content (AvgIpc) is 2.62. The number of nitrogens with one attached hydrogen (secondary N) is 2. The Morgan fingerprint density at radius 3 is 2.52 bits per heavy atom. The van der Waals surface area contributed by atoms with Crippen LogP contribution in [-0.2, 0) is 15.6 Å². The molecule has 1 aromatic carbocycles. The van der Waals surface area contributed by atoms with Crippen LogP contribution in [0.5, 0.6) is 0 Å². The number of hydrogen-bond donors (Lipinski definition) is 2. The first-order valence-electron chi connectivity index (χ1n) is 9.42. The van der Waals surface area contributed by atoms with Crippen molar-refractivity contribution in [3.05, 3.63) is 42.0 Å². The van der Waals surface area contributed by atoms with Crippen LogP contribution in [0.3, 0.4) is 0 Å². The van der Waals surface area contributed by atoms with E-state index in [2.05, 4.69) is 17.2 Å². The van der Waals surface area contributed by atoms with Gasteiger partial charge >= 0.3 is 6.03 Å². The van der Waals surface area contributed by atoms with E-state index in [-0.39, 0.29) is 18.3 Å². The minimum atomic E-state index is -3.31. The van der Waals surface area contributed by atoms with Crippen molar-refractivity contribution < 1.29 is 13.2 Å². The maximum atomic E-state index is 12.3. The van der Waals surface area contributed by atoms with E-state index >= 15 is 0 Å². The Labute approximate surface area is 163 Å². The first kappa shape index (κ1) is 21.4. The zero-order valence-electron chi connectivity index (χ0n) is 16.5. The van der Waals surface area contributed by atoms with Crippen LogP contribution in [0.15, 0.2) is 30.8 Å². The van der Waals surface area contributed by atoms with Gasteiger partial charge in [0.1, 0.15) is 0 Å². The summed E-state index contributed by atoms with van der Waals surface area (Å²) in [7, 11) is -3.31. The summed E-state index contributed by atoms with van der Waals surface area (Å²) in [6.07, 6.45) is 2.89. The lowest BCUT2D eigenvalue weighted by Crippen LogP contribution is -2.48. The van der Waals surface area contributed by atoms with Crippen molar-refractivity contribution in [3.8, 4) is 0 Å². The standard InChI is InChI=1S/C20H31N3O3S/c1-16(2)17-9-8-10-18(15-17)20(3,4)22-19(24)21-11-14-27(25,26)23-12-6-5-7-13-23/h8-10,15H,1,5-7,11-14H2,2-4H3,(H2,21,22,24). The van der Waals surface area contributed by atoms with Gasteiger partial charge in [-0.3, -0.25) is 0 Å². The van der Waals surface area contributed by atoms with Crippen LogP contribution in [0.25, 0.3) is 5.57 Å². The fraction of sp³-hybridized carbons (Fsp3) is 0.550. The molecule has 2 amide bonds. The molecule has 0 aliphatic carbocycles. The van der Waals surface area contributed by atoms with E-state index in [9.17, 15) is 13.2 Å². The molecule has 1 aliphatic heterocycles. The molecule has 0 saturated carbocycles. The Morgan fingerprint density at radius 2 is 1.89 bits per heavy atom. The summed E-state index contributed by atoms with van der Waals surface area (Å²) < 4.78 is 26.2. The van der Waals surface area contributed by atoms with E-state index in [4.69, 9.17) is 0 Å². The summed E-state index contributed by atoms with van der Waals surface area (Å²) in [4.78, 5) is 12.3. The number of sulfonamides is 1. The lowest BCUT2D eigenvalue weighted by molar-refractivity contribution is 0.230. The molecule has 2 N–H and O–H groups in total. The minimum Gasteiger partial charge on any atom is -0.337 e. The van der Waals surface area contributed by atoms with E-state index in [1.807, 2.05) is 45.0 Å². The highest BCUT2D eigenvalue weighted by Crippen LogP contribution is 2.23. The fourth-order valence-corrected chi connectivity index (χ4v) is 4.57. The highest BCUT2D eigenvalue weighted by atomic mass is 32.2. The van der Waals surface area contributed by atoms with E-state index in [0.29, 0.717) is 13.1 Å². The predicted octanol–water partition coefficient (Wildman–Crippen LogP) is 3.07. The Balaban J connectivity index is 1.89. The first-order valence-corrected chi connectivity index (χ1v) is 11.0. The van der Waals surface area contributed by atoms with Gasteiger partial charge in [0, 0.05) is 19.6 Å². The number of carbonyl (C=O) groups excluding carboxylic acids is 1. The molecule has 6 nitrogen and oxygen atoms in total. The number of urea groups is 1. The summed E-state index contributed by atoms with van der Waals surface area (Å²) >= 11 is 0. The Kier molecular flexibility index (Phi) is 7.06. The fourth-order valence-electron chi connectivity index (χ4n) is 3.14. The normalized spacial score (nSPS) is 16.0. The number of piperidine rings is 1. The highest BCUT2D eigenvalue weighted by Gasteiger charge is 2.25. The van der Waals surface area contributed by atoms with E-state index in [1.54, 1.807) is 0 Å². The van der Waals surface area contributed by atoms with Gasteiger partial charge in [-0.25, -0.2) is 17.5 Å². The second-order valence-electron chi connectivity index (χ2n) is 7.64. The molecule has 0 spiro atoms. The van der Waals surface area contributed by atoms with Crippen LogP contribution < -0.4 is 10.6 Å². The van der Waals surface area contributed by atoms with Crippen molar-refractivity contribution in [1.29, 1.82) is 0 Å². The van der Waals surface area contributed by atoms with Crippen LogP contribution in [-0.4, -0.2) is 44.1 Å². The van der Waals surface area contributed by atoms with Crippen molar-refractivity contribution in [2.75, 3.05) is 25.4 Å². The third-order valence-corrected chi connectivity index (χ3v) is 6.73. The molecule has 27 heavy (non-hydrogen) atoms. The molecule has 0 radical (unpaired) electrons. The van der Waals surface area contributed by atoms with Crippen LogP contribution in [0, 0.1) is 0 Å². The lowest BCUT2D eigenvalue weighted by atomic mass is 9.92. The molecule has 0 atom stereocenters. The van der Waals surface area contributed by atoms with E-state index in [0.717, 1.165) is 36.0 Å². The van der Waals surface area contributed by atoms with Crippen LogP contribution in [0.1, 0.15) is 51.2 Å². The van der Waals surface area contributed by atoms with Gasteiger partial charge in [-0.1, -0.05) is 36.8 Å². The second kappa shape index (κ2) is 8.89. The first-order chi connectivity index (χ1) is 12.6. The number of nitrogens with zero attached hydrogens (tertiary/aromatic N) is 1. The molecule has 150 valence electrons. The predicted molar refractivity (Wildman–Crippen MR) is 110 cm³/mol. The number of hydrogen-bond acceptors (Lipinski definition) is 3. The lowest BCUT2D eigenvalue weighted by Gasteiger charge is -2.28. The zero-order valence-corrected chi connectivity index (χ0v) is 17.4. The third kappa shape index (κ3) is 6.07. The molecule has 0 unspecified atom stereocenters. The molecular weight excluding hydrogens is 362 g/mol. The van der Waals surface area contributed by atoms with Gasteiger partial charge in [0.25, 0.3) is 0 Å². The number of amides is 2. The van der Waals surface area contributed by atoms with Gasteiger partial charge in [0.2, 0.25) is 10.0 Å². The SMILES string of the molecule is C=C(C)c1cccc(C(C)(C)NC(=O)NCCS(=O)(=O)N2CCCCC2)c1. The van der Waals surface area contributed by atoms with Crippen molar-refractivity contribution >= 4 is 21.6 Å². The van der Waals surface area contributed by atoms with Gasteiger partial charge in [-0.15, -0.1) is 0 Å². The summed E-state index contributed by atoms with van der Waals surface area (Å²) in [5.74, 6) is -0.0774. The Morgan fingerprint density at radius 1 is 1.22 bits per heavy atom. The highest BCUT2D eigenvalue weighted by molar-refractivity contribution is 7.89. The molecule has 1 aromatic rings. The van der Waals surface area contributed by atoms with Gasteiger partial charge < -0.3 is 10.6 Å². The van der Waals surface area contributed by atoms with Crippen LogP contribution >= 0.6 is 0 Å². The zero-order chi connectivity index (χ0) is 20.1. The van der Waals surface area contributed by atoms with Crippen molar-refractivity contribution in [2.24, 2.45) is 0 Å². The van der Waals surface area contributed by atoms with Gasteiger partial charge in [-0.05, 0) is 50.8 Å². The molecule has 1 saturated heterocycles. The molecular formula is C20H31N3O3S. The van der Waals surface area contributed by atoms with Crippen molar-refractivity contribution in [2.45, 2.75) is 45.6 Å². The Hall–Kier alpha value is -1.86. The van der Waals surface area contributed by atoms with E-state index < -0.39 is 15.6 Å². The van der Waals surface area contributed by atoms with Crippen LogP contribution in [0.4, 0.5) is 4.79 Å². The van der Waals surface area contributed by atoms with Crippen molar-refractivity contribution in [1.82, 2.24) is 14.9 Å². The number of rotatable bonds is 7. The van der Waals surface area contributed by atoms with Crippen molar-refractivity contribution in [3.63, 3.8) is 0 Å². The van der Waals surface area contributed by atoms with E-state index in [1.165, 1.54) is 4.31 Å². The van der Waals surface area contributed by atoms with Crippen LogP contribution in [0.2, 0.25) is 0 Å². The molecule has 1 aliphatic rings. The summed E-state index contributed by atoms with van der Waals surface area (Å²) in [6, 6.07) is 7.49. The topological polar surface area (TPSA) is 78.5 Å². The quantitative estimate of drug-likeness (QED) is 0.747. The average molecular weight is 394 g/mol. The largest absolute Gasteiger partial charge is 0.337 e. The molecule has 7 heteroatoms. The monoisotopic (exact) mass is 393 g/mol. The smallest absolute Gasteiger partial charge is 0.315 e. The molecule has 2 rings (SSSR count). The maximum Gasteiger partial charge on any atom is 0.315 e. The summed E-state index contributed by atoms with van der Waals surface area (Å²) in [5.41, 5.74) is 2.34. The van der Waals surface area contributed by atoms with Gasteiger partial charge in [0.05, 0.1) is 11.3 Å². The van der Waals surface area contributed by atoms with Gasteiger partial charge in [0.15, 0.2) is 0 Å². The molecule has 0 bridgehead atoms. The van der Waals surface area contributed by atoms with Gasteiger partial charge in [-0.2, -0.15) is 0 Å². The maximum absolute atomic E-state index is 12.3. The molecule has 0 aromatic heterocycles. The number of carbonyl (C=O) groups is 1. The summed E-state index contributed by atoms with van der Waals surface area (Å²) in [6.45, 7) is 11.0. The molecule has 1 fully saturated rings. The Bertz CT molecular complexity index is 781. The minimum absolute atomic E-state index is 0.0774. The molecule has 1 heterocycles. The number of benzene rings is 1. The third-order valence-electron chi connectivity index (χ3n) is 4.86.